The van der Waals surface area contributed by atoms with Gasteiger partial charge in [-0.3, -0.25) is 0 Å². The summed E-state index contributed by atoms with van der Waals surface area (Å²) in [5, 5.41) is 8.92. The number of hydrogen-bond acceptors (Lipinski definition) is 1. The molecule has 0 saturated heterocycles. The van der Waals surface area contributed by atoms with Crippen LogP contribution in [0, 0.1) is 23.2 Å². The topological polar surface area (TPSA) is 20.2 Å². The summed E-state index contributed by atoms with van der Waals surface area (Å²) in [7, 11) is 0. The normalized spacial score (nSPS) is 43.8. The van der Waals surface area contributed by atoms with Crippen molar-refractivity contribution >= 4 is 0 Å². The zero-order chi connectivity index (χ0) is 8.77. The molecule has 1 unspecified atom stereocenters. The summed E-state index contributed by atoms with van der Waals surface area (Å²) in [6.07, 6.45) is 5.27. The van der Waals surface area contributed by atoms with Gasteiger partial charge in [-0.05, 0) is 48.9 Å². The second-order valence-electron chi connectivity index (χ2n) is 5.21. The molecule has 0 radical (unpaired) electrons. The summed E-state index contributed by atoms with van der Waals surface area (Å²) >= 11 is 0. The smallest absolute Gasteiger partial charge is 0.0433 e. The zero-order valence-corrected chi connectivity index (χ0v) is 8.21. The molecular weight excluding hydrogens is 148 g/mol. The molecular formula is C11H20O. The van der Waals surface area contributed by atoms with Crippen LogP contribution in [0.5, 0.6) is 0 Å². The van der Waals surface area contributed by atoms with Gasteiger partial charge >= 0.3 is 0 Å². The van der Waals surface area contributed by atoms with E-state index in [9.17, 15) is 0 Å². The van der Waals surface area contributed by atoms with E-state index in [0.717, 1.165) is 24.2 Å². The highest BCUT2D eigenvalue weighted by Gasteiger charge is 2.53. The van der Waals surface area contributed by atoms with Crippen LogP contribution in [0.15, 0.2) is 0 Å². The lowest BCUT2D eigenvalue weighted by Crippen LogP contribution is -2.52. The van der Waals surface area contributed by atoms with Crippen LogP contribution in [0.4, 0.5) is 0 Å². The van der Waals surface area contributed by atoms with Crippen LogP contribution < -0.4 is 0 Å². The Hall–Kier alpha value is -0.0400. The SMILES string of the molecule is CC1(C)[C@@H]2CCC(CCO)[C@H]1C2. The molecule has 0 heterocycles. The van der Waals surface area contributed by atoms with Crippen molar-refractivity contribution in [2.75, 3.05) is 6.61 Å². The maximum atomic E-state index is 8.92. The molecule has 0 aromatic heterocycles. The molecule has 0 spiro atoms. The molecule has 12 heavy (non-hydrogen) atoms. The predicted octanol–water partition coefficient (Wildman–Crippen LogP) is 2.44. The van der Waals surface area contributed by atoms with Crippen molar-refractivity contribution in [3.63, 3.8) is 0 Å². The maximum Gasteiger partial charge on any atom is 0.0433 e. The van der Waals surface area contributed by atoms with Crippen molar-refractivity contribution in [2.45, 2.75) is 39.5 Å². The fourth-order valence-electron chi connectivity index (χ4n) is 3.47. The van der Waals surface area contributed by atoms with Crippen molar-refractivity contribution in [2.24, 2.45) is 23.2 Å². The monoisotopic (exact) mass is 168 g/mol. The van der Waals surface area contributed by atoms with Gasteiger partial charge in [-0.25, -0.2) is 0 Å². The quantitative estimate of drug-likeness (QED) is 0.671. The minimum Gasteiger partial charge on any atom is -0.396 e. The molecule has 0 aromatic carbocycles. The highest BCUT2D eigenvalue weighted by Crippen LogP contribution is 2.61. The minimum atomic E-state index is 0.391. The van der Waals surface area contributed by atoms with Gasteiger partial charge in [0.2, 0.25) is 0 Å². The first-order valence-corrected chi connectivity index (χ1v) is 5.27. The van der Waals surface area contributed by atoms with Gasteiger partial charge in [0.25, 0.3) is 0 Å². The summed E-state index contributed by atoms with van der Waals surface area (Å²) in [6.45, 7) is 5.21. The molecule has 0 amide bonds. The fraction of sp³-hybridized carbons (Fsp3) is 1.00. The highest BCUT2D eigenvalue weighted by atomic mass is 16.3. The van der Waals surface area contributed by atoms with E-state index in [1.54, 1.807) is 0 Å². The van der Waals surface area contributed by atoms with Crippen LogP contribution in [0.25, 0.3) is 0 Å². The Kier molecular flexibility index (Phi) is 1.95. The first-order chi connectivity index (χ1) is 5.66. The van der Waals surface area contributed by atoms with Gasteiger partial charge in [0.05, 0.1) is 0 Å². The van der Waals surface area contributed by atoms with Crippen LogP contribution in [0.1, 0.15) is 39.5 Å². The zero-order valence-electron chi connectivity index (χ0n) is 8.21. The summed E-state index contributed by atoms with van der Waals surface area (Å²) in [5.41, 5.74) is 0.595. The fourth-order valence-corrected chi connectivity index (χ4v) is 3.47. The lowest BCUT2D eigenvalue weighted by Gasteiger charge is -2.60. The van der Waals surface area contributed by atoms with Crippen molar-refractivity contribution in [3.05, 3.63) is 0 Å². The van der Waals surface area contributed by atoms with E-state index in [1.807, 2.05) is 0 Å². The van der Waals surface area contributed by atoms with Crippen LogP contribution >= 0.6 is 0 Å². The molecule has 3 saturated carbocycles. The van der Waals surface area contributed by atoms with Crippen molar-refractivity contribution in [1.82, 2.24) is 0 Å². The van der Waals surface area contributed by atoms with E-state index in [2.05, 4.69) is 13.8 Å². The number of fused-ring (bicyclic) bond motifs is 2. The average molecular weight is 168 g/mol. The molecule has 70 valence electrons. The van der Waals surface area contributed by atoms with Gasteiger partial charge in [-0.1, -0.05) is 13.8 Å². The van der Waals surface area contributed by atoms with Gasteiger partial charge in [-0.2, -0.15) is 0 Å². The summed E-state index contributed by atoms with van der Waals surface area (Å²) in [6, 6.07) is 0. The third-order valence-electron chi connectivity index (χ3n) is 4.50. The second-order valence-corrected chi connectivity index (χ2v) is 5.21. The molecule has 2 bridgehead atoms. The van der Waals surface area contributed by atoms with E-state index < -0.39 is 0 Å². The summed E-state index contributed by atoms with van der Waals surface area (Å²) in [4.78, 5) is 0. The Bertz CT molecular complexity index is 170. The number of rotatable bonds is 2. The Balaban J connectivity index is 2.01. The Morgan fingerprint density at radius 3 is 2.58 bits per heavy atom. The molecule has 0 aromatic rings. The molecule has 0 aliphatic heterocycles. The Morgan fingerprint density at radius 2 is 2.08 bits per heavy atom. The number of hydrogen-bond donors (Lipinski definition) is 1. The first kappa shape index (κ1) is 8.55. The van der Waals surface area contributed by atoms with Gasteiger partial charge in [-0.15, -0.1) is 0 Å². The van der Waals surface area contributed by atoms with Crippen molar-refractivity contribution in [3.8, 4) is 0 Å². The summed E-state index contributed by atoms with van der Waals surface area (Å²) < 4.78 is 0. The third kappa shape index (κ3) is 1.02. The van der Waals surface area contributed by atoms with E-state index >= 15 is 0 Å². The lowest BCUT2D eigenvalue weighted by atomic mass is 9.45. The van der Waals surface area contributed by atoms with Crippen LogP contribution in [-0.4, -0.2) is 11.7 Å². The van der Waals surface area contributed by atoms with Crippen molar-refractivity contribution < 1.29 is 5.11 Å². The molecule has 3 aliphatic carbocycles. The third-order valence-corrected chi connectivity index (χ3v) is 4.50. The van der Waals surface area contributed by atoms with Crippen LogP contribution in [0.2, 0.25) is 0 Å². The summed E-state index contributed by atoms with van der Waals surface area (Å²) in [5.74, 6) is 2.75. The average Bonchev–Trinajstić information content (AvgIpc) is 2.05. The van der Waals surface area contributed by atoms with E-state index in [1.165, 1.54) is 19.3 Å². The standard InChI is InChI=1S/C11H20O/c1-11(2)9-4-3-8(5-6-12)10(11)7-9/h8-10,12H,3-7H2,1-2H3/t8?,9-,10-/m1/s1. The largest absolute Gasteiger partial charge is 0.396 e. The molecule has 1 nitrogen and oxygen atoms in total. The Morgan fingerprint density at radius 1 is 1.33 bits per heavy atom. The molecule has 1 heteroatoms. The first-order valence-electron chi connectivity index (χ1n) is 5.27. The van der Waals surface area contributed by atoms with E-state index in [0.29, 0.717) is 12.0 Å². The number of aliphatic hydroxyl groups is 1. The van der Waals surface area contributed by atoms with E-state index in [-0.39, 0.29) is 0 Å². The maximum absolute atomic E-state index is 8.92. The molecule has 3 aliphatic rings. The molecule has 3 rings (SSSR count). The van der Waals surface area contributed by atoms with Crippen LogP contribution in [-0.2, 0) is 0 Å². The number of aliphatic hydroxyl groups excluding tert-OH is 1. The van der Waals surface area contributed by atoms with Crippen LogP contribution in [0.3, 0.4) is 0 Å². The van der Waals surface area contributed by atoms with Gasteiger partial charge in [0.15, 0.2) is 0 Å². The predicted molar refractivity (Wildman–Crippen MR) is 49.8 cm³/mol. The molecule has 3 fully saturated rings. The van der Waals surface area contributed by atoms with Crippen molar-refractivity contribution in [1.29, 1.82) is 0 Å². The van der Waals surface area contributed by atoms with Gasteiger partial charge in [0, 0.05) is 6.61 Å². The lowest BCUT2D eigenvalue weighted by molar-refractivity contribution is -0.109. The molecule has 1 N–H and O–H groups in total. The second kappa shape index (κ2) is 2.73. The van der Waals surface area contributed by atoms with Gasteiger partial charge < -0.3 is 5.11 Å². The highest BCUT2D eigenvalue weighted by molar-refractivity contribution is 5.02. The molecule has 3 atom stereocenters. The Labute approximate surface area is 75.2 Å². The van der Waals surface area contributed by atoms with Gasteiger partial charge in [0.1, 0.15) is 0 Å². The van der Waals surface area contributed by atoms with E-state index in [4.69, 9.17) is 5.11 Å². The minimum absolute atomic E-state index is 0.391.